The zero-order valence-corrected chi connectivity index (χ0v) is 10.9. The highest BCUT2D eigenvalue weighted by Crippen LogP contribution is 2.16. The van der Waals surface area contributed by atoms with Crippen molar-refractivity contribution in [1.82, 2.24) is 15.5 Å². The van der Waals surface area contributed by atoms with Crippen LogP contribution < -0.4 is 10.6 Å². The molecule has 100 valence electrons. The van der Waals surface area contributed by atoms with Crippen molar-refractivity contribution in [2.75, 3.05) is 11.9 Å². The molecule has 2 N–H and O–H groups in total. The lowest BCUT2D eigenvalue weighted by atomic mass is 10.2. The van der Waals surface area contributed by atoms with Gasteiger partial charge in [-0.3, -0.25) is 9.78 Å². The van der Waals surface area contributed by atoms with Crippen molar-refractivity contribution in [2.45, 2.75) is 20.3 Å². The third-order valence-electron chi connectivity index (χ3n) is 2.44. The van der Waals surface area contributed by atoms with Crippen LogP contribution in [0.1, 0.15) is 29.5 Å². The second-order valence-electron chi connectivity index (χ2n) is 4.17. The maximum absolute atomic E-state index is 11.8. The van der Waals surface area contributed by atoms with Crippen molar-refractivity contribution < 1.29 is 9.32 Å². The molecule has 2 aromatic rings. The van der Waals surface area contributed by atoms with Crippen molar-refractivity contribution >= 4 is 17.4 Å². The van der Waals surface area contributed by atoms with E-state index in [1.165, 1.54) is 6.20 Å². The molecule has 0 radical (unpaired) electrons. The zero-order valence-electron chi connectivity index (χ0n) is 10.9. The summed E-state index contributed by atoms with van der Waals surface area (Å²) >= 11 is 0. The average molecular weight is 260 g/mol. The topological polar surface area (TPSA) is 80.0 Å². The number of rotatable bonds is 5. The number of nitrogens with one attached hydrogen (secondary N) is 2. The van der Waals surface area contributed by atoms with E-state index >= 15 is 0 Å². The summed E-state index contributed by atoms with van der Waals surface area (Å²) in [4.78, 5) is 15.8. The van der Waals surface area contributed by atoms with E-state index in [-0.39, 0.29) is 5.91 Å². The Morgan fingerprint density at radius 2 is 2.21 bits per heavy atom. The average Bonchev–Trinajstić information content (AvgIpc) is 2.81. The third kappa shape index (κ3) is 3.54. The minimum atomic E-state index is -0.130. The molecule has 2 heterocycles. The van der Waals surface area contributed by atoms with Crippen molar-refractivity contribution in [2.24, 2.45) is 0 Å². The first-order valence-corrected chi connectivity index (χ1v) is 6.12. The first kappa shape index (κ1) is 13.1. The Hall–Kier alpha value is -2.37. The number of nitrogens with zero attached hydrogens (tertiary/aromatic N) is 2. The third-order valence-corrected chi connectivity index (χ3v) is 2.44. The van der Waals surface area contributed by atoms with Crippen LogP contribution in [-0.4, -0.2) is 22.6 Å². The van der Waals surface area contributed by atoms with Crippen molar-refractivity contribution in [3.8, 4) is 0 Å². The lowest BCUT2D eigenvalue weighted by molar-refractivity contribution is 0.0953. The highest BCUT2D eigenvalue weighted by Gasteiger charge is 2.07. The Bertz CT molecular complexity index is 565. The summed E-state index contributed by atoms with van der Waals surface area (Å²) in [7, 11) is 0. The van der Waals surface area contributed by atoms with Crippen LogP contribution in [0.25, 0.3) is 0 Å². The predicted molar refractivity (Wildman–Crippen MR) is 71.4 cm³/mol. The van der Waals surface area contributed by atoms with E-state index in [2.05, 4.69) is 20.8 Å². The van der Waals surface area contributed by atoms with Gasteiger partial charge in [0.15, 0.2) is 5.82 Å². The number of carbonyl (C=O) groups is 1. The number of anilines is 2. The summed E-state index contributed by atoms with van der Waals surface area (Å²) in [6.45, 7) is 4.47. The highest BCUT2D eigenvalue weighted by atomic mass is 16.5. The van der Waals surface area contributed by atoms with Gasteiger partial charge in [-0.15, -0.1) is 0 Å². The Balaban J connectivity index is 2.08. The molecule has 0 spiro atoms. The summed E-state index contributed by atoms with van der Waals surface area (Å²) in [5, 5.41) is 9.65. The SMILES string of the molecule is CCCNC(=O)c1cncc(Nc2cc(C)on2)c1. The normalized spacial score (nSPS) is 10.2. The Kier molecular flexibility index (Phi) is 4.12. The smallest absolute Gasteiger partial charge is 0.252 e. The van der Waals surface area contributed by atoms with Gasteiger partial charge >= 0.3 is 0 Å². The van der Waals surface area contributed by atoms with E-state index in [4.69, 9.17) is 4.52 Å². The fraction of sp³-hybridized carbons (Fsp3) is 0.308. The van der Waals surface area contributed by atoms with Crippen LogP contribution in [0.5, 0.6) is 0 Å². The second-order valence-corrected chi connectivity index (χ2v) is 4.17. The molecule has 0 bridgehead atoms. The molecule has 0 aliphatic carbocycles. The highest BCUT2D eigenvalue weighted by molar-refractivity contribution is 5.94. The summed E-state index contributed by atoms with van der Waals surface area (Å²) in [5.74, 6) is 1.17. The first-order chi connectivity index (χ1) is 9.19. The van der Waals surface area contributed by atoms with Gasteiger partial charge in [-0.05, 0) is 19.4 Å². The molecule has 2 rings (SSSR count). The molecule has 19 heavy (non-hydrogen) atoms. The van der Waals surface area contributed by atoms with E-state index in [0.717, 1.165) is 6.42 Å². The largest absolute Gasteiger partial charge is 0.360 e. The van der Waals surface area contributed by atoms with Gasteiger partial charge in [0, 0.05) is 18.8 Å². The number of amides is 1. The van der Waals surface area contributed by atoms with Gasteiger partial charge in [-0.2, -0.15) is 0 Å². The number of aromatic nitrogens is 2. The van der Waals surface area contributed by atoms with Crippen LogP contribution in [0, 0.1) is 6.92 Å². The molecule has 0 aliphatic rings. The summed E-state index contributed by atoms with van der Waals surface area (Å²) in [5.41, 5.74) is 1.20. The molecule has 0 saturated heterocycles. The second kappa shape index (κ2) is 5.99. The summed E-state index contributed by atoms with van der Waals surface area (Å²) in [6, 6.07) is 3.49. The van der Waals surface area contributed by atoms with Gasteiger partial charge in [0.2, 0.25) is 0 Å². The van der Waals surface area contributed by atoms with Crippen LogP contribution >= 0.6 is 0 Å². The standard InChI is InChI=1S/C13H16N4O2/c1-3-4-15-13(18)10-6-11(8-14-7-10)16-12-5-9(2)19-17-12/h5-8H,3-4H2,1-2H3,(H,15,18)(H,16,17). The molecule has 0 unspecified atom stereocenters. The molecule has 1 amide bonds. The molecule has 6 heteroatoms. The quantitative estimate of drug-likeness (QED) is 0.862. The van der Waals surface area contributed by atoms with Crippen LogP contribution in [0.4, 0.5) is 11.5 Å². The van der Waals surface area contributed by atoms with E-state index in [0.29, 0.717) is 29.4 Å². The Morgan fingerprint density at radius 3 is 2.89 bits per heavy atom. The van der Waals surface area contributed by atoms with Crippen molar-refractivity contribution in [3.63, 3.8) is 0 Å². The number of pyridine rings is 1. The van der Waals surface area contributed by atoms with E-state index in [1.54, 1.807) is 18.3 Å². The minimum Gasteiger partial charge on any atom is -0.360 e. The molecule has 0 aromatic carbocycles. The maximum atomic E-state index is 11.8. The number of hydrogen-bond donors (Lipinski definition) is 2. The van der Waals surface area contributed by atoms with Gasteiger partial charge in [0.05, 0.1) is 17.4 Å². The fourth-order valence-electron chi connectivity index (χ4n) is 1.55. The van der Waals surface area contributed by atoms with Crippen LogP contribution in [-0.2, 0) is 0 Å². The zero-order chi connectivity index (χ0) is 13.7. The van der Waals surface area contributed by atoms with Gasteiger partial charge in [0.25, 0.3) is 5.91 Å². The van der Waals surface area contributed by atoms with Gasteiger partial charge in [-0.1, -0.05) is 12.1 Å². The molecular weight excluding hydrogens is 244 g/mol. The Labute approximate surface area is 111 Å². The van der Waals surface area contributed by atoms with Crippen LogP contribution in [0.3, 0.4) is 0 Å². The van der Waals surface area contributed by atoms with Crippen molar-refractivity contribution in [3.05, 3.63) is 35.9 Å². The number of hydrogen-bond acceptors (Lipinski definition) is 5. The van der Waals surface area contributed by atoms with E-state index < -0.39 is 0 Å². The Morgan fingerprint density at radius 1 is 1.37 bits per heavy atom. The number of aryl methyl sites for hydroxylation is 1. The van der Waals surface area contributed by atoms with Crippen LogP contribution in [0.2, 0.25) is 0 Å². The van der Waals surface area contributed by atoms with Gasteiger partial charge < -0.3 is 15.2 Å². The summed E-state index contributed by atoms with van der Waals surface area (Å²) in [6.07, 6.45) is 4.06. The molecule has 0 saturated carbocycles. The van der Waals surface area contributed by atoms with Gasteiger partial charge in [0.1, 0.15) is 5.76 Å². The monoisotopic (exact) mass is 260 g/mol. The molecule has 2 aromatic heterocycles. The fourth-order valence-corrected chi connectivity index (χ4v) is 1.55. The van der Waals surface area contributed by atoms with Crippen LogP contribution in [0.15, 0.2) is 29.0 Å². The van der Waals surface area contributed by atoms with Crippen molar-refractivity contribution in [1.29, 1.82) is 0 Å². The summed E-state index contributed by atoms with van der Waals surface area (Å²) < 4.78 is 4.96. The molecule has 0 fully saturated rings. The minimum absolute atomic E-state index is 0.130. The van der Waals surface area contributed by atoms with E-state index in [1.807, 2.05) is 13.8 Å². The molecule has 0 aliphatic heterocycles. The molecular formula is C13H16N4O2. The lowest BCUT2D eigenvalue weighted by Gasteiger charge is -2.05. The van der Waals surface area contributed by atoms with E-state index in [9.17, 15) is 4.79 Å². The predicted octanol–water partition coefficient (Wildman–Crippen LogP) is 2.26. The molecule has 0 atom stereocenters. The first-order valence-electron chi connectivity index (χ1n) is 6.12. The maximum Gasteiger partial charge on any atom is 0.252 e. The lowest BCUT2D eigenvalue weighted by Crippen LogP contribution is -2.24. The molecule has 6 nitrogen and oxygen atoms in total. The van der Waals surface area contributed by atoms with Gasteiger partial charge in [-0.25, -0.2) is 0 Å². The number of carbonyl (C=O) groups excluding carboxylic acids is 1.